The number of ether oxygens (including phenoxy) is 3. The summed E-state index contributed by atoms with van der Waals surface area (Å²) in [7, 11) is 0. The first-order valence-corrected chi connectivity index (χ1v) is 13.9. The van der Waals surface area contributed by atoms with Gasteiger partial charge in [-0.15, -0.1) is 0 Å². The Morgan fingerprint density at radius 3 is 2.03 bits per heavy atom. The Morgan fingerprint density at radius 1 is 0.806 bits per heavy atom. The molecule has 3 rings (SSSR count). The number of carbonyl (C=O) groups excluding carboxylic acids is 1. The third kappa shape index (κ3) is 8.85. The van der Waals surface area contributed by atoms with Gasteiger partial charge in [0.2, 0.25) is 0 Å². The predicted molar refractivity (Wildman–Crippen MR) is 144 cm³/mol. The smallest absolute Gasteiger partial charge is 0.494 e. The predicted octanol–water partition coefficient (Wildman–Crippen LogP) is 8.18. The number of hydrogen-bond donors (Lipinski definition) is 1. The van der Waals surface area contributed by atoms with Crippen LogP contribution in [0.5, 0.6) is 5.75 Å². The maximum Gasteiger partial charge on any atom is 0.508 e. The SMILES string of the molecule is CCCCCCCCOC(=O)OC1CCC(O)(c2ccc(-c3ccc(OCCCC)cc3)cc2)CC1. The minimum atomic E-state index is -0.891. The Hall–Kier alpha value is -2.53. The van der Waals surface area contributed by atoms with Gasteiger partial charge in [-0.05, 0) is 67.3 Å². The van der Waals surface area contributed by atoms with Crippen LogP contribution < -0.4 is 4.74 Å². The van der Waals surface area contributed by atoms with E-state index in [2.05, 4.69) is 38.1 Å². The summed E-state index contributed by atoms with van der Waals surface area (Å²) in [5.41, 5.74) is 2.24. The molecule has 1 fully saturated rings. The molecule has 5 heteroatoms. The van der Waals surface area contributed by atoms with Crippen molar-refractivity contribution in [3.8, 4) is 16.9 Å². The molecule has 0 amide bonds. The number of carbonyl (C=O) groups is 1. The summed E-state index contributed by atoms with van der Waals surface area (Å²) in [6, 6.07) is 16.3. The van der Waals surface area contributed by atoms with Crippen molar-refractivity contribution in [3.05, 3.63) is 54.1 Å². The first kappa shape index (κ1) is 28.0. The molecule has 0 saturated heterocycles. The summed E-state index contributed by atoms with van der Waals surface area (Å²) in [5.74, 6) is 0.892. The van der Waals surface area contributed by atoms with E-state index in [0.717, 1.165) is 54.7 Å². The standard InChI is InChI=1S/C31H44O5/c1-3-5-7-8-9-10-24-35-30(32)36-29-19-21-31(33,22-20-29)27-15-11-25(12-16-27)26-13-17-28(18-14-26)34-23-6-4-2/h11-18,29,33H,3-10,19-24H2,1-2H3. The summed E-state index contributed by atoms with van der Waals surface area (Å²) in [6.45, 7) is 5.52. The van der Waals surface area contributed by atoms with Crippen molar-refractivity contribution in [2.75, 3.05) is 13.2 Å². The molecule has 0 radical (unpaired) electrons. The summed E-state index contributed by atoms with van der Waals surface area (Å²) < 4.78 is 16.5. The Morgan fingerprint density at radius 2 is 1.39 bits per heavy atom. The second kappa shape index (κ2) is 14.9. The molecule has 2 aromatic rings. The maximum absolute atomic E-state index is 12.0. The normalized spacial score (nSPS) is 19.6. The zero-order valence-corrected chi connectivity index (χ0v) is 22.2. The lowest BCUT2D eigenvalue weighted by Gasteiger charge is -2.36. The zero-order valence-electron chi connectivity index (χ0n) is 22.2. The minimum absolute atomic E-state index is 0.195. The largest absolute Gasteiger partial charge is 0.508 e. The second-order valence-corrected chi connectivity index (χ2v) is 10.0. The van der Waals surface area contributed by atoms with Gasteiger partial charge in [-0.1, -0.05) is 88.8 Å². The maximum atomic E-state index is 12.0. The molecular formula is C31H44O5. The van der Waals surface area contributed by atoms with Crippen LogP contribution in [0, 0.1) is 0 Å². The van der Waals surface area contributed by atoms with Gasteiger partial charge in [0, 0.05) is 0 Å². The van der Waals surface area contributed by atoms with Gasteiger partial charge in [0.1, 0.15) is 11.9 Å². The molecule has 1 N–H and O–H groups in total. The molecule has 1 aliphatic carbocycles. The molecule has 1 aliphatic rings. The molecule has 0 spiro atoms. The lowest BCUT2D eigenvalue weighted by Crippen LogP contribution is -2.35. The van der Waals surface area contributed by atoms with E-state index < -0.39 is 11.8 Å². The first-order valence-electron chi connectivity index (χ1n) is 13.9. The van der Waals surface area contributed by atoms with Crippen molar-refractivity contribution in [2.45, 2.75) is 103 Å². The van der Waals surface area contributed by atoms with E-state index >= 15 is 0 Å². The molecule has 0 aromatic heterocycles. The van der Waals surface area contributed by atoms with Crippen molar-refractivity contribution in [1.82, 2.24) is 0 Å². The van der Waals surface area contributed by atoms with Crippen LogP contribution in [0.3, 0.4) is 0 Å². The van der Waals surface area contributed by atoms with Gasteiger partial charge in [-0.25, -0.2) is 4.79 Å². The summed E-state index contributed by atoms with van der Waals surface area (Å²) >= 11 is 0. The van der Waals surface area contributed by atoms with Crippen molar-refractivity contribution in [1.29, 1.82) is 0 Å². The Kier molecular flexibility index (Phi) is 11.6. The minimum Gasteiger partial charge on any atom is -0.494 e. The number of benzene rings is 2. The topological polar surface area (TPSA) is 65.0 Å². The number of unbranched alkanes of at least 4 members (excludes halogenated alkanes) is 6. The Balaban J connectivity index is 1.41. The molecule has 0 unspecified atom stereocenters. The van der Waals surface area contributed by atoms with E-state index in [1.54, 1.807) is 0 Å². The molecule has 36 heavy (non-hydrogen) atoms. The molecule has 1 saturated carbocycles. The van der Waals surface area contributed by atoms with Gasteiger partial charge >= 0.3 is 6.16 Å². The molecule has 198 valence electrons. The van der Waals surface area contributed by atoms with Crippen LogP contribution in [0.2, 0.25) is 0 Å². The third-order valence-corrected chi connectivity index (χ3v) is 7.12. The summed E-state index contributed by atoms with van der Waals surface area (Å²) in [5, 5.41) is 11.3. The Labute approximate surface area is 217 Å². The van der Waals surface area contributed by atoms with Crippen LogP contribution in [0.25, 0.3) is 11.1 Å². The number of hydrogen-bond acceptors (Lipinski definition) is 5. The fourth-order valence-corrected chi connectivity index (χ4v) is 4.73. The van der Waals surface area contributed by atoms with Gasteiger partial charge in [-0.3, -0.25) is 0 Å². The van der Waals surface area contributed by atoms with Crippen LogP contribution in [-0.2, 0) is 15.1 Å². The molecule has 0 heterocycles. The summed E-state index contributed by atoms with van der Waals surface area (Å²) in [6.07, 6.45) is 10.7. The van der Waals surface area contributed by atoms with Gasteiger partial charge in [0.15, 0.2) is 0 Å². The van der Waals surface area contributed by atoms with Crippen molar-refractivity contribution < 1.29 is 24.1 Å². The van der Waals surface area contributed by atoms with E-state index in [1.807, 2.05) is 24.3 Å². The average Bonchev–Trinajstić information content (AvgIpc) is 2.90. The quantitative estimate of drug-likeness (QED) is 0.211. The van der Waals surface area contributed by atoms with Crippen molar-refractivity contribution >= 4 is 6.16 Å². The number of aliphatic hydroxyl groups is 1. The van der Waals surface area contributed by atoms with Gasteiger partial charge < -0.3 is 19.3 Å². The van der Waals surface area contributed by atoms with Crippen molar-refractivity contribution in [3.63, 3.8) is 0 Å². The monoisotopic (exact) mass is 496 g/mol. The van der Waals surface area contributed by atoms with E-state index in [4.69, 9.17) is 14.2 Å². The van der Waals surface area contributed by atoms with E-state index in [9.17, 15) is 9.90 Å². The molecular weight excluding hydrogens is 452 g/mol. The van der Waals surface area contributed by atoms with Crippen molar-refractivity contribution in [2.24, 2.45) is 0 Å². The molecule has 0 atom stereocenters. The van der Waals surface area contributed by atoms with E-state index in [1.165, 1.54) is 25.7 Å². The highest BCUT2D eigenvalue weighted by atomic mass is 16.7. The van der Waals surface area contributed by atoms with Gasteiger partial charge in [0.25, 0.3) is 0 Å². The highest BCUT2D eigenvalue weighted by Crippen LogP contribution is 2.39. The Bertz CT molecular complexity index is 882. The van der Waals surface area contributed by atoms with Crippen LogP contribution in [0.1, 0.15) is 96.5 Å². The molecule has 5 nitrogen and oxygen atoms in total. The lowest BCUT2D eigenvalue weighted by molar-refractivity contribution is -0.0538. The highest BCUT2D eigenvalue weighted by Gasteiger charge is 2.36. The van der Waals surface area contributed by atoms with Crippen LogP contribution in [0.4, 0.5) is 4.79 Å². The number of rotatable bonds is 14. The summed E-state index contributed by atoms with van der Waals surface area (Å²) in [4.78, 5) is 12.0. The fraction of sp³-hybridized carbons (Fsp3) is 0.581. The molecule has 0 aliphatic heterocycles. The average molecular weight is 497 g/mol. The fourth-order valence-electron chi connectivity index (χ4n) is 4.73. The molecule has 0 bridgehead atoms. The molecule has 2 aromatic carbocycles. The van der Waals surface area contributed by atoms with E-state index in [-0.39, 0.29) is 6.10 Å². The van der Waals surface area contributed by atoms with E-state index in [0.29, 0.717) is 32.3 Å². The second-order valence-electron chi connectivity index (χ2n) is 10.0. The van der Waals surface area contributed by atoms with Crippen LogP contribution in [0.15, 0.2) is 48.5 Å². The lowest BCUT2D eigenvalue weighted by atomic mass is 9.78. The zero-order chi connectivity index (χ0) is 25.6. The van der Waals surface area contributed by atoms with Gasteiger partial charge in [0.05, 0.1) is 18.8 Å². The van der Waals surface area contributed by atoms with Gasteiger partial charge in [-0.2, -0.15) is 0 Å². The third-order valence-electron chi connectivity index (χ3n) is 7.12. The first-order chi connectivity index (χ1) is 17.5. The highest BCUT2D eigenvalue weighted by molar-refractivity contribution is 5.64. The van der Waals surface area contributed by atoms with Crippen LogP contribution in [-0.4, -0.2) is 30.6 Å². The van der Waals surface area contributed by atoms with Crippen LogP contribution >= 0.6 is 0 Å².